The Labute approximate surface area is 139 Å². The van der Waals surface area contributed by atoms with Crippen LogP contribution in [0.3, 0.4) is 0 Å². The molecule has 3 rings (SSSR count). The maximum Gasteiger partial charge on any atom is 0.0948 e. The molecule has 1 aliphatic heterocycles. The Kier molecular flexibility index (Phi) is 5.63. The van der Waals surface area contributed by atoms with Crippen LogP contribution in [0.5, 0.6) is 0 Å². The number of thiazole rings is 1. The van der Waals surface area contributed by atoms with Crippen molar-refractivity contribution in [3.05, 3.63) is 40.7 Å². The summed E-state index contributed by atoms with van der Waals surface area (Å²) >= 11 is 5.98. The molecule has 5 heteroatoms. The maximum absolute atomic E-state index is 4.83. The summed E-state index contributed by atoms with van der Waals surface area (Å²) in [6.07, 6.45) is 1.03. The molecule has 0 radical (unpaired) electrons. The summed E-state index contributed by atoms with van der Waals surface area (Å²) in [5, 5.41) is 7.63. The van der Waals surface area contributed by atoms with Gasteiger partial charge >= 0.3 is 0 Å². The highest BCUT2D eigenvalue weighted by atomic mass is 32.2. The Morgan fingerprint density at radius 3 is 2.86 bits per heavy atom. The highest BCUT2D eigenvalue weighted by Crippen LogP contribution is 2.29. The van der Waals surface area contributed by atoms with Crippen molar-refractivity contribution >= 4 is 34.9 Å². The summed E-state index contributed by atoms with van der Waals surface area (Å²) in [5.41, 5.74) is 2.32. The van der Waals surface area contributed by atoms with Crippen molar-refractivity contribution in [2.75, 3.05) is 24.3 Å². The van der Waals surface area contributed by atoms with Crippen LogP contribution in [0.1, 0.15) is 5.01 Å². The second-order valence-electron chi connectivity index (χ2n) is 5.08. The molecule has 1 aliphatic rings. The van der Waals surface area contributed by atoms with Gasteiger partial charge in [0.2, 0.25) is 0 Å². The van der Waals surface area contributed by atoms with Gasteiger partial charge in [0, 0.05) is 45.9 Å². The molecule has 112 valence electrons. The van der Waals surface area contributed by atoms with Crippen LogP contribution in [0.25, 0.3) is 11.3 Å². The molecular formula is C16H20N2S3. The number of hydrogen-bond donors (Lipinski definition) is 1. The van der Waals surface area contributed by atoms with E-state index in [1.54, 1.807) is 11.3 Å². The first-order chi connectivity index (χ1) is 10.4. The lowest BCUT2D eigenvalue weighted by Gasteiger charge is -2.28. The molecule has 1 aromatic heterocycles. The van der Waals surface area contributed by atoms with Crippen molar-refractivity contribution in [3.8, 4) is 11.3 Å². The molecule has 21 heavy (non-hydrogen) atoms. The van der Waals surface area contributed by atoms with Gasteiger partial charge in [0.15, 0.2) is 0 Å². The van der Waals surface area contributed by atoms with Gasteiger partial charge in [-0.1, -0.05) is 30.3 Å². The van der Waals surface area contributed by atoms with Gasteiger partial charge in [0.05, 0.1) is 10.7 Å². The van der Waals surface area contributed by atoms with Crippen molar-refractivity contribution in [3.63, 3.8) is 0 Å². The minimum absolute atomic E-state index is 0.526. The minimum atomic E-state index is 0.526. The summed E-state index contributed by atoms with van der Waals surface area (Å²) in [6, 6.07) is 11.0. The summed E-state index contributed by atoms with van der Waals surface area (Å²) in [4.78, 5) is 4.83. The molecule has 1 saturated heterocycles. The number of rotatable bonds is 5. The van der Waals surface area contributed by atoms with E-state index in [4.69, 9.17) is 4.98 Å². The van der Waals surface area contributed by atoms with Gasteiger partial charge in [-0.25, -0.2) is 4.98 Å². The first-order valence-corrected chi connectivity index (χ1v) is 10.3. The first-order valence-electron chi connectivity index (χ1n) is 7.23. The zero-order valence-electron chi connectivity index (χ0n) is 12.1. The van der Waals surface area contributed by atoms with Crippen LogP contribution in [0.2, 0.25) is 0 Å². The second kappa shape index (κ2) is 7.68. The van der Waals surface area contributed by atoms with Crippen LogP contribution < -0.4 is 5.32 Å². The molecule has 0 saturated carbocycles. The lowest BCUT2D eigenvalue weighted by atomic mass is 10.1. The topological polar surface area (TPSA) is 24.9 Å². The average Bonchev–Trinajstić information content (AvgIpc) is 3.03. The van der Waals surface area contributed by atoms with Crippen molar-refractivity contribution in [2.24, 2.45) is 0 Å². The van der Waals surface area contributed by atoms with Gasteiger partial charge in [-0.2, -0.15) is 23.5 Å². The van der Waals surface area contributed by atoms with Crippen LogP contribution in [-0.4, -0.2) is 40.6 Å². The normalized spacial score (nSPS) is 20.3. The molecule has 0 aliphatic carbocycles. The van der Waals surface area contributed by atoms with Gasteiger partial charge in [0.25, 0.3) is 0 Å². The molecule has 1 aromatic carbocycles. The number of hydrogen-bond acceptors (Lipinski definition) is 5. The second-order valence-corrected chi connectivity index (χ2v) is 8.52. The molecule has 0 bridgehead atoms. The third kappa shape index (κ3) is 4.03. The van der Waals surface area contributed by atoms with Gasteiger partial charge < -0.3 is 5.32 Å². The average molecular weight is 337 g/mol. The monoisotopic (exact) mass is 336 g/mol. The van der Waals surface area contributed by atoms with E-state index in [1.165, 1.54) is 27.8 Å². The highest BCUT2D eigenvalue weighted by molar-refractivity contribution is 8.06. The Hall–Kier alpha value is -0.490. The molecule has 0 spiro atoms. The van der Waals surface area contributed by atoms with Crippen molar-refractivity contribution < 1.29 is 0 Å². The van der Waals surface area contributed by atoms with Gasteiger partial charge in [0.1, 0.15) is 0 Å². The van der Waals surface area contributed by atoms with E-state index in [0.29, 0.717) is 11.3 Å². The lowest BCUT2D eigenvalue weighted by Crippen LogP contribution is -2.40. The van der Waals surface area contributed by atoms with E-state index in [0.717, 1.165) is 12.1 Å². The number of benzene rings is 1. The number of nitrogens with zero attached hydrogens (tertiary/aromatic N) is 1. The van der Waals surface area contributed by atoms with E-state index in [1.807, 2.05) is 6.07 Å². The fraction of sp³-hybridized carbons (Fsp3) is 0.438. The van der Waals surface area contributed by atoms with Gasteiger partial charge in [-0.3, -0.25) is 0 Å². The number of thioether (sulfide) groups is 2. The molecule has 1 N–H and O–H groups in total. The van der Waals surface area contributed by atoms with E-state index >= 15 is 0 Å². The largest absolute Gasteiger partial charge is 0.315 e. The molecule has 0 amide bonds. The Balaban J connectivity index is 1.68. The number of likely N-dealkylation sites (N-methyl/N-ethyl adjacent to an activating group) is 1. The summed E-state index contributed by atoms with van der Waals surface area (Å²) in [5.74, 6) is 3.83. The highest BCUT2D eigenvalue weighted by Gasteiger charge is 2.24. The predicted octanol–water partition coefficient (Wildman–Crippen LogP) is 3.79. The van der Waals surface area contributed by atoms with E-state index in [-0.39, 0.29) is 0 Å². The summed E-state index contributed by atoms with van der Waals surface area (Å²) in [7, 11) is 2.08. The van der Waals surface area contributed by atoms with Gasteiger partial charge in [-0.05, 0) is 7.05 Å². The lowest BCUT2D eigenvalue weighted by molar-refractivity contribution is 0.556. The molecule has 2 atom stereocenters. The quantitative estimate of drug-likeness (QED) is 0.898. The van der Waals surface area contributed by atoms with Crippen LogP contribution in [0, 0.1) is 0 Å². The first kappa shape index (κ1) is 15.4. The van der Waals surface area contributed by atoms with Crippen molar-refractivity contribution in [2.45, 2.75) is 17.7 Å². The molecule has 2 unspecified atom stereocenters. The third-order valence-electron chi connectivity index (χ3n) is 3.68. The molecule has 2 nitrogen and oxygen atoms in total. The fourth-order valence-electron chi connectivity index (χ4n) is 2.49. The molecule has 1 fully saturated rings. The summed E-state index contributed by atoms with van der Waals surface area (Å²) < 4.78 is 0. The predicted molar refractivity (Wildman–Crippen MR) is 97.7 cm³/mol. The SMILES string of the molecule is CNC(Cc1nc(-c2ccccc2)cs1)C1CSCCS1. The van der Waals surface area contributed by atoms with Crippen LogP contribution in [-0.2, 0) is 6.42 Å². The standard InChI is InChI=1S/C16H20N2S3/c1-17-13(15-11-19-7-8-20-15)9-16-18-14(10-21-16)12-5-3-2-4-6-12/h2-6,10,13,15,17H,7-9,11H2,1H3. The maximum atomic E-state index is 4.83. The van der Waals surface area contributed by atoms with Crippen molar-refractivity contribution in [1.29, 1.82) is 0 Å². The zero-order valence-corrected chi connectivity index (χ0v) is 14.6. The molecule has 2 aromatic rings. The zero-order chi connectivity index (χ0) is 14.5. The third-order valence-corrected chi connectivity index (χ3v) is 7.47. The van der Waals surface area contributed by atoms with E-state index in [2.05, 4.69) is 65.5 Å². The molecule has 2 heterocycles. The Morgan fingerprint density at radius 2 is 2.14 bits per heavy atom. The molecular weight excluding hydrogens is 316 g/mol. The Bertz CT molecular complexity index is 550. The van der Waals surface area contributed by atoms with Crippen LogP contribution in [0.4, 0.5) is 0 Å². The smallest absolute Gasteiger partial charge is 0.0948 e. The fourth-order valence-corrected chi connectivity index (χ4v) is 6.28. The van der Waals surface area contributed by atoms with Crippen molar-refractivity contribution in [1.82, 2.24) is 10.3 Å². The van der Waals surface area contributed by atoms with E-state index in [9.17, 15) is 0 Å². The number of aromatic nitrogens is 1. The van der Waals surface area contributed by atoms with Crippen LogP contribution in [0.15, 0.2) is 35.7 Å². The van der Waals surface area contributed by atoms with Crippen LogP contribution >= 0.6 is 34.9 Å². The summed E-state index contributed by atoms with van der Waals surface area (Å²) in [6.45, 7) is 0. The van der Waals surface area contributed by atoms with Gasteiger partial charge in [-0.15, -0.1) is 11.3 Å². The Morgan fingerprint density at radius 1 is 1.29 bits per heavy atom. The van der Waals surface area contributed by atoms with E-state index < -0.39 is 0 Å². The minimum Gasteiger partial charge on any atom is -0.315 e. The number of nitrogens with one attached hydrogen (secondary N) is 1.